The van der Waals surface area contributed by atoms with Crippen LogP contribution in [0.25, 0.3) is 10.9 Å². The van der Waals surface area contributed by atoms with E-state index in [1.54, 1.807) is 15.8 Å². The molecule has 1 aliphatic rings. The molecular weight excluding hydrogens is 372 g/mol. The van der Waals surface area contributed by atoms with Crippen molar-refractivity contribution in [3.63, 3.8) is 0 Å². The molecule has 1 fully saturated rings. The Bertz CT molecular complexity index is 1170. The maximum Gasteiger partial charge on any atom is 0.279 e. The number of fused-ring (bicyclic) bond motifs is 1. The number of piperazine rings is 1. The average Bonchev–Trinajstić information content (AvgIpc) is 2.73. The fraction of sp³-hybridized carbons (Fsp3) is 0.350. The molecule has 1 amide bonds. The highest BCUT2D eigenvalue weighted by atomic mass is 16.2. The van der Waals surface area contributed by atoms with Crippen LogP contribution in [0.4, 0.5) is 5.69 Å². The fourth-order valence-electron chi connectivity index (χ4n) is 3.51. The molecule has 1 aliphatic heterocycles. The summed E-state index contributed by atoms with van der Waals surface area (Å²) in [5, 5.41) is 0.591. The molecule has 0 atom stereocenters. The van der Waals surface area contributed by atoms with Crippen molar-refractivity contribution in [1.82, 2.24) is 24.4 Å². The predicted octanol–water partition coefficient (Wildman–Crippen LogP) is 1.02. The molecule has 1 aromatic carbocycles. The number of carbonyl (C=O) groups excluding carboxylic acids is 1. The predicted molar refractivity (Wildman–Crippen MR) is 109 cm³/mol. The smallest absolute Gasteiger partial charge is 0.279 e. The van der Waals surface area contributed by atoms with Gasteiger partial charge in [0.25, 0.3) is 17.0 Å². The van der Waals surface area contributed by atoms with Crippen molar-refractivity contribution in [2.75, 3.05) is 31.1 Å². The van der Waals surface area contributed by atoms with Crippen molar-refractivity contribution in [1.29, 1.82) is 0 Å². The quantitative estimate of drug-likeness (QED) is 0.711. The van der Waals surface area contributed by atoms with Crippen LogP contribution in [0.5, 0.6) is 0 Å². The van der Waals surface area contributed by atoms with E-state index in [-0.39, 0.29) is 23.2 Å². The molecule has 0 spiro atoms. The van der Waals surface area contributed by atoms with E-state index in [1.807, 2.05) is 32.0 Å². The minimum Gasteiger partial charge on any atom is -0.368 e. The van der Waals surface area contributed by atoms with Gasteiger partial charge in [-0.25, -0.2) is 9.97 Å². The summed E-state index contributed by atoms with van der Waals surface area (Å²) >= 11 is 0. The Morgan fingerprint density at radius 1 is 1.10 bits per heavy atom. The zero-order valence-electron chi connectivity index (χ0n) is 16.3. The highest BCUT2D eigenvalue weighted by molar-refractivity contribution is 5.92. The van der Waals surface area contributed by atoms with Gasteiger partial charge in [-0.15, -0.1) is 0 Å². The second kappa shape index (κ2) is 7.50. The molecule has 0 unspecified atom stereocenters. The molecule has 3 heterocycles. The van der Waals surface area contributed by atoms with E-state index in [1.165, 1.54) is 12.4 Å². The van der Waals surface area contributed by atoms with Crippen LogP contribution < -0.4 is 16.0 Å². The number of nitrogens with one attached hydrogen (secondary N) is 1. The first-order chi connectivity index (χ1) is 14.0. The summed E-state index contributed by atoms with van der Waals surface area (Å²) in [7, 11) is 0. The fourth-order valence-corrected chi connectivity index (χ4v) is 3.51. The number of nitrogens with zero attached hydrogens (tertiary/aromatic N) is 5. The van der Waals surface area contributed by atoms with Gasteiger partial charge in [-0.3, -0.25) is 19.0 Å². The van der Waals surface area contributed by atoms with Crippen molar-refractivity contribution in [2.45, 2.75) is 19.9 Å². The Balaban J connectivity index is 1.51. The molecular formula is C20H22N6O3. The highest BCUT2D eigenvalue weighted by Crippen LogP contribution is 2.21. The van der Waals surface area contributed by atoms with Gasteiger partial charge >= 0.3 is 0 Å². The average molecular weight is 394 g/mol. The van der Waals surface area contributed by atoms with Gasteiger partial charge in [-0.1, -0.05) is 0 Å². The van der Waals surface area contributed by atoms with Crippen LogP contribution in [0.15, 0.2) is 46.5 Å². The number of hydrogen-bond donors (Lipinski definition) is 1. The van der Waals surface area contributed by atoms with Crippen LogP contribution in [-0.4, -0.2) is 56.5 Å². The Hall–Kier alpha value is -3.49. The molecule has 1 N–H and O–H groups in total. The third-order valence-electron chi connectivity index (χ3n) is 5.17. The number of hydrogen-bond acceptors (Lipinski definition) is 6. The normalized spacial score (nSPS) is 14.6. The summed E-state index contributed by atoms with van der Waals surface area (Å²) in [6.07, 6.45) is 4.39. The molecule has 3 aromatic rings. The summed E-state index contributed by atoms with van der Waals surface area (Å²) in [6, 6.07) is 5.68. The van der Waals surface area contributed by atoms with Crippen molar-refractivity contribution in [3.8, 4) is 0 Å². The number of carbonyl (C=O) groups is 1. The summed E-state index contributed by atoms with van der Waals surface area (Å²) in [6.45, 7) is 6.09. The lowest BCUT2D eigenvalue weighted by Crippen LogP contribution is -2.49. The summed E-state index contributed by atoms with van der Waals surface area (Å²) in [5.41, 5.74) is 0.995. The SMILES string of the molecule is CC(C)n1cnc2cc(N3CCN(C(=O)c4ncc[nH]c4=O)CC3)ccc2c1=O. The van der Waals surface area contributed by atoms with Crippen molar-refractivity contribution >= 4 is 22.5 Å². The molecule has 29 heavy (non-hydrogen) atoms. The minimum absolute atomic E-state index is 0.0486. The molecule has 0 saturated carbocycles. The first-order valence-corrected chi connectivity index (χ1v) is 9.54. The van der Waals surface area contributed by atoms with Gasteiger partial charge in [0.2, 0.25) is 0 Å². The molecule has 0 aliphatic carbocycles. The van der Waals surface area contributed by atoms with Gasteiger partial charge in [0, 0.05) is 50.3 Å². The third-order valence-corrected chi connectivity index (χ3v) is 5.17. The highest BCUT2D eigenvalue weighted by Gasteiger charge is 2.25. The second-order valence-electron chi connectivity index (χ2n) is 7.30. The molecule has 150 valence electrons. The third kappa shape index (κ3) is 3.51. The molecule has 1 saturated heterocycles. The molecule has 2 aromatic heterocycles. The minimum atomic E-state index is -0.479. The molecule has 4 rings (SSSR count). The lowest BCUT2D eigenvalue weighted by Gasteiger charge is -2.35. The standard InChI is InChI=1S/C20H22N6O3/c1-13(2)26-12-23-16-11-14(3-4-15(16)19(26)28)24-7-9-25(10-8-24)20(29)17-18(27)22-6-5-21-17/h3-6,11-13H,7-10H2,1-2H3,(H,22,27). The molecule has 0 bridgehead atoms. The number of rotatable bonds is 3. The molecule has 9 heteroatoms. The zero-order chi connectivity index (χ0) is 20.5. The van der Waals surface area contributed by atoms with E-state index in [4.69, 9.17) is 0 Å². The largest absolute Gasteiger partial charge is 0.368 e. The van der Waals surface area contributed by atoms with Gasteiger partial charge < -0.3 is 14.8 Å². The van der Waals surface area contributed by atoms with Crippen LogP contribution in [-0.2, 0) is 0 Å². The van der Waals surface area contributed by atoms with E-state index < -0.39 is 5.56 Å². The van der Waals surface area contributed by atoms with Crippen molar-refractivity contribution in [2.24, 2.45) is 0 Å². The van der Waals surface area contributed by atoms with Crippen LogP contribution in [0.1, 0.15) is 30.4 Å². The van der Waals surface area contributed by atoms with E-state index in [2.05, 4.69) is 19.9 Å². The van der Waals surface area contributed by atoms with E-state index in [0.717, 1.165) is 5.69 Å². The van der Waals surface area contributed by atoms with Gasteiger partial charge in [-0.05, 0) is 32.0 Å². The van der Waals surface area contributed by atoms with Gasteiger partial charge in [0.1, 0.15) is 0 Å². The second-order valence-corrected chi connectivity index (χ2v) is 7.30. The summed E-state index contributed by atoms with van der Waals surface area (Å²) < 4.78 is 1.62. The van der Waals surface area contributed by atoms with E-state index >= 15 is 0 Å². The Labute approximate surface area is 166 Å². The Kier molecular flexibility index (Phi) is 4.87. The number of aromatic amines is 1. The first kappa shape index (κ1) is 18.9. The Morgan fingerprint density at radius 3 is 2.55 bits per heavy atom. The first-order valence-electron chi connectivity index (χ1n) is 9.54. The van der Waals surface area contributed by atoms with Crippen molar-refractivity contribution in [3.05, 3.63) is 63.3 Å². The summed E-state index contributed by atoms with van der Waals surface area (Å²) in [5.74, 6) is -0.360. The topological polar surface area (TPSA) is 104 Å². The van der Waals surface area contributed by atoms with Crippen LogP contribution in [0, 0.1) is 0 Å². The summed E-state index contributed by atoms with van der Waals surface area (Å²) in [4.78, 5) is 51.5. The van der Waals surface area contributed by atoms with Crippen LogP contribution in [0.3, 0.4) is 0 Å². The zero-order valence-corrected chi connectivity index (χ0v) is 16.3. The van der Waals surface area contributed by atoms with Gasteiger partial charge in [0.05, 0.1) is 17.2 Å². The van der Waals surface area contributed by atoms with Crippen LogP contribution in [0.2, 0.25) is 0 Å². The molecule has 0 radical (unpaired) electrons. The lowest BCUT2D eigenvalue weighted by molar-refractivity contribution is 0.0739. The number of anilines is 1. The number of amides is 1. The lowest BCUT2D eigenvalue weighted by atomic mass is 10.2. The number of H-pyrrole nitrogens is 1. The monoisotopic (exact) mass is 394 g/mol. The molecule has 9 nitrogen and oxygen atoms in total. The van der Waals surface area contributed by atoms with Crippen molar-refractivity contribution < 1.29 is 4.79 Å². The number of benzene rings is 1. The maximum atomic E-state index is 12.6. The van der Waals surface area contributed by atoms with Crippen LogP contribution >= 0.6 is 0 Å². The van der Waals surface area contributed by atoms with Gasteiger partial charge in [0.15, 0.2) is 5.69 Å². The number of aromatic nitrogens is 4. The maximum absolute atomic E-state index is 12.6. The van der Waals surface area contributed by atoms with Gasteiger partial charge in [-0.2, -0.15) is 0 Å². The van der Waals surface area contributed by atoms with E-state index in [0.29, 0.717) is 37.1 Å². The Morgan fingerprint density at radius 2 is 1.86 bits per heavy atom. The van der Waals surface area contributed by atoms with E-state index in [9.17, 15) is 14.4 Å².